The molecule has 0 fully saturated rings. The van der Waals surface area contributed by atoms with Gasteiger partial charge in [-0.1, -0.05) is 89.4 Å². The summed E-state index contributed by atoms with van der Waals surface area (Å²) < 4.78 is 5.46. The minimum Gasteiger partial charge on any atom is -0.383 e. The first-order valence-corrected chi connectivity index (χ1v) is 12.6. The molecule has 1 aliphatic carbocycles. The van der Waals surface area contributed by atoms with Gasteiger partial charge in [-0.15, -0.1) is 0 Å². The van der Waals surface area contributed by atoms with Crippen molar-refractivity contribution in [2.75, 3.05) is 7.11 Å². The lowest BCUT2D eigenvalue weighted by Crippen LogP contribution is -2.42. The average molecular weight is 434 g/mol. The second-order valence-electron chi connectivity index (χ2n) is 9.05. The second-order valence-corrected chi connectivity index (χ2v) is 9.05. The van der Waals surface area contributed by atoms with Crippen molar-refractivity contribution >= 4 is 5.91 Å². The number of allylic oxidation sites excluding steroid dienone is 3. The first-order chi connectivity index (χ1) is 15.0. The number of carbonyl (C=O) groups excluding carboxylic acids is 1. The molecule has 0 saturated heterocycles. The highest BCUT2D eigenvalue weighted by molar-refractivity contribution is 5.77. The third-order valence-electron chi connectivity index (χ3n) is 6.17. The fraction of sp³-hybridized carbons (Fsp3) is 0.741. The van der Waals surface area contributed by atoms with Crippen LogP contribution in [0, 0.1) is 0 Å². The van der Waals surface area contributed by atoms with E-state index in [1.54, 1.807) is 19.3 Å². The van der Waals surface area contributed by atoms with Crippen LogP contribution in [0.5, 0.6) is 0 Å². The van der Waals surface area contributed by atoms with Gasteiger partial charge in [-0.25, -0.2) is 0 Å². The van der Waals surface area contributed by atoms with E-state index in [0.29, 0.717) is 6.42 Å². The molecule has 0 bridgehead atoms. The van der Waals surface area contributed by atoms with Gasteiger partial charge in [-0.05, 0) is 49.8 Å². The van der Waals surface area contributed by atoms with Crippen LogP contribution in [-0.2, 0) is 9.53 Å². The van der Waals surface area contributed by atoms with Gasteiger partial charge >= 0.3 is 0 Å². The molecule has 4 nitrogen and oxygen atoms in total. The second kappa shape index (κ2) is 17.2. The van der Waals surface area contributed by atoms with Crippen LogP contribution in [0.25, 0.3) is 0 Å². The predicted molar refractivity (Wildman–Crippen MR) is 131 cm³/mol. The van der Waals surface area contributed by atoms with Crippen molar-refractivity contribution in [3.05, 3.63) is 36.0 Å². The number of aliphatic hydroxyl groups is 1. The molecule has 0 heterocycles. The number of unbranched alkanes of at least 4 members (excludes halogenated alkanes) is 12. The molecule has 178 valence electrons. The highest BCUT2D eigenvalue weighted by atomic mass is 16.5. The van der Waals surface area contributed by atoms with Crippen molar-refractivity contribution in [2.45, 2.75) is 121 Å². The number of rotatable bonds is 19. The van der Waals surface area contributed by atoms with Crippen LogP contribution in [-0.4, -0.2) is 29.8 Å². The Balaban J connectivity index is 2.03. The lowest BCUT2D eigenvalue weighted by molar-refractivity contribution is -0.117. The van der Waals surface area contributed by atoms with Crippen LogP contribution in [0.2, 0.25) is 0 Å². The van der Waals surface area contributed by atoms with E-state index < -0.39 is 11.7 Å². The summed E-state index contributed by atoms with van der Waals surface area (Å²) in [6.07, 6.45) is 28.4. The molecule has 0 aromatic heterocycles. The van der Waals surface area contributed by atoms with Crippen LogP contribution in [0.1, 0.15) is 110 Å². The first-order valence-electron chi connectivity index (χ1n) is 12.6. The fourth-order valence-electron chi connectivity index (χ4n) is 4.21. The van der Waals surface area contributed by atoms with E-state index >= 15 is 0 Å². The third kappa shape index (κ3) is 12.9. The molecule has 0 aliphatic heterocycles. The van der Waals surface area contributed by atoms with E-state index in [4.69, 9.17) is 10.5 Å². The van der Waals surface area contributed by atoms with Crippen LogP contribution in [0.3, 0.4) is 0 Å². The fourth-order valence-corrected chi connectivity index (χ4v) is 4.21. The average Bonchev–Trinajstić information content (AvgIpc) is 2.74. The molecular weight excluding hydrogens is 386 g/mol. The Morgan fingerprint density at radius 2 is 1.55 bits per heavy atom. The molecule has 2 atom stereocenters. The van der Waals surface area contributed by atoms with E-state index in [9.17, 15) is 9.90 Å². The highest BCUT2D eigenvalue weighted by Crippen LogP contribution is 2.30. The molecule has 31 heavy (non-hydrogen) atoms. The number of ether oxygens (including phenoxy) is 1. The Hall–Kier alpha value is -1.39. The molecule has 0 aromatic rings. The Bertz CT molecular complexity index is 567. The molecule has 1 aliphatic rings. The van der Waals surface area contributed by atoms with Gasteiger partial charge in [0.1, 0.15) is 11.7 Å². The summed E-state index contributed by atoms with van der Waals surface area (Å²) >= 11 is 0. The first kappa shape index (κ1) is 27.6. The normalized spacial score (nSPS) is 21.0. The maximum Gasteiger partial charge on any atom is 0.221 e. The van der Waals surface area contributed by atoms with E-state index in [1.165, 1.54) is 77.0 Å². The number of nitrogens with two attached hydrogens (primary N) is 1. The smallest absolute Gasteiger partial charge is 0.221 e. The number of hydrogen-bond acceptors (Lipinski definition) is 3. The Morgan fingerprint density at radius 1 is 1.00 bits per heavy atom. The molecule has 4 heteroatoms. The van der Waals surface area contributed by atoms with Crippen molar-refractivity contribution in [1.82, 2.24) is 0 Å². The molecule has 1 amide bonds. The largest absolute Gasteiger partial charge is 0.383 e. The van der Waals surface area contributed by atoms with Crippen molar-refractivity contribution in [3.63, 3.8) is 0 Å². The molecule has 3 N–H and O–H groups in total. The topological polar surface area (TPSA) is 72.5 Å². The third-order valence-corrected chi connectivity index (χ3v) is 6.17. The van der Waals surface area contributed by atoms with Crippen molar-refractivity contribution < 1.29 is 14.6 Å². The Morgan fingerprint density at radius 3 is 2.10 bits per heavy atom. The summed E-state index contributed by atoms with van der Waals surface area (Å²) in [5.74, 6) is -0.371. The molecular formula is C27H47NO3. The van der Waals surface area contributed by atoms with Crippen molar-refractivity contribution in [1.29, 1.82) is 0 Å². The summed E-state index contributed by atoms with van der Waals surface area (Å²) in [4.78, 5) is 11.1. The van der Waals surface area contributed by atoms with Gasteiger partial charge in [0.2, 0.25) is 5.91 Å². The van der Waals surface area contributed by atoms with Gasteiger partial charge in [-0.3, -0.25) is 4.79 Å². The SMILES string of the molecule is CCCCCCCC/C=C\CCCCCCCCC1(O)C=CC(CC(N)=O)=CC1OC. The summed E-state index contributed by atoms with van der Waals surface area (Å²) in [7, 11) is 1.59. The van der Waals surface area contributed by atoms with Crippen molar-refractivity contribution in [3.8, 4) is 0 Å². The van der Waals surface area contributed by atoms with Gasteiger partial charge in [-0.2, -0.15) is 0 Å². The zero-order chi connectivity index (χ0) is 22.8. The minimum atomic E-state index is -0.989. The quantitative estimate of drug-likeness (QED) is 0.180. The molecule has 1 rings (SSSR count). The number of methoxy groups -OCH3 is 1. The maximum atomic E-state index is 11.1. The zero-order valence-corrected chi connectivity index (χ0v) is 20.1. The summed E-state index contributed by atoms with van der Waals surface area (Å²) in [6.45, 7) is 2.27. The van der Waals surface area contributed by atoms with Crippen molar-refractivity contribution in [2.24, 2.45) is 5.73 Å². The summed E-state index contributed by atoms with van der Waals surface area (Å²) in [6, 6.07) is 0. The minimum absolute atomic E-state index is 0.181. The standard InChI is InChI=1S/C27H47NO3/c1-3-4-5-6-7-8-9-10-11-12-13-14-15-16-17-18-20-27(30)21-19-24(23-26(28)29)22-25(27)31-2/h10-11,19,21-22,25,30H,3-9,12-18,20,23H2,1-2H3,(H2,28,29)/b11-10-. The number of hydrogen-bond donors (Lipinski definition) is 2. The molecule has 0 aromatic carbocycles. The van der Waals surface area contributed by atoms with Crippen LogP contribution in [0.15, 0.2) is 36.0 Å². The lowest BCUT2D eigenvalue weighted by Gasteiger charge is -2.34. The molecule has 0 radical (unpaired) electrons. The molecule has 0 spiro atoms. The Labute approximate surface area is 191 Å². The molecule has 0 saturated carbocycles. The van der Waals surface area contributed by atoms with Gasteiger partial charge in [0.05, 0.1) is 6.42 Å². The van der Waals surface area contributed by atoms with Crippen LogP contribution < -0.4 is 5.73 Å². The van der Waals surface area contributed by atoms with Crippen LogP contribution >= 0.6 is 0 Å². The predicted octanol–water partition coefficient (Wildman–Crippen LogP) is 6.53. The number of amides is 1. The summed E-state index contributed by atoms with van der Waals surface area (Å²) in [5.41, 5.74) is 5.08. The Kier molecular flexibility index (Phi) is 15.3. The lowest BCUT2D eigenvalue weighted by atomic mass is 9.84. The van der Waals surface area contributed by atoms with E-state index in [1.807, 2.05) is 6.08 Å². The van der Waals surface area contributed by atoms with E-state index in [2.05, 4.69) is 19.1 Å². The van der Waals surface area contributed by atoms with Gasteiger partial charge < -0.3 is 15.6 Å². The van der Waals surface area contributed by atoms with E-state index in [0.717, 1.165) is 18.4 Å². The van der Waals surface area contributed by atoms with Gasteiger partial charge in [0.25, 0.3) is 0 Å². The van der Waals surface area contributed by atoms with Gasteiger partial charge in [0, 0.05) is 7.11 Å². The van der Waals surface area contributed by atoms with Crippen LogP contribution in [0.4, 0.5) is 0 Å². The number of primary amides is 1. The number of carbonyl (C=O) groups is 1. The molecule has 2 unspecified atom stereocenters. The summed E-state index contributed by atoms with van der Waals surface area (Å²) in [5, 5.41) is 10.9. The highest BCUT2D eigenvalue weighted by Gasteiger charge is 2.35. The van der Waals surface area contributed by atoms with E-state index in [-0.39, 0.29) is 12.3 Å². The van der Waals surface area contributed by atoms with Gasteiger partial charge in [0.15, 0.2) is 0 Å². The zero-order valence-electron chi connectivity index (χ0n) is 20.1. The monoisotopic (exact) mass is 433 g/mol. The maximum absolute atomic E-state index is 11.1.